The first-order valence-electron chi connectivity index (χ1n) is 4.19. The highest BCUT2D eigenvalue weighted by Gasteiger charge is 2.05. The smallest absolute Gasteiger partial charge is 0.101 e. The van der Waals surface area contributed by atoms with Crippen molar-refractivity contribution >= 4 is 26.8 Å². The van der Waals surface area contributed by atoms with Gasteiger partial charge in [0, 0.05) is 16.9 Å². The van der Waals surface area contributed by atoms with Gasteiger partial charge in [-0.05, 0) is 11.6 Å². The molecule has 0 spiro atoms. The molecule has 0 radical (unpaired) electrons. The minimum Gasteiger partial charge on any atom is -0.255 e. The molecule has 68 valence electrons. The summed E-state index contributed by atoms with van der Waals surface area (Å²) >= 11 is 3.39. The van der Waals surface area contributed by atoms with Crippen molar-refractivity contribution in [1.82, 2.24) is 4.98 Å². The first-order chi connectivity index (χ1) is 6.86. The number of nitrogens with zero attached hydrogens (tertiary/aromatic N) is 2. The lowest BCUT2D eigenvalue weighted by atomic mass is 10.1. The van der Waals surface area contributed by atoms with Crippen molar-refractivity contribution in [2.75, 3.05) is 0 Å². The molecule has 0 fully saturated rings. The Labute approximate surface area is 90.3 Å². The number of nitriles is 1. The predicted molar refractivity (Wildman–Crippen MR) is 59.1 cm³/mol. The second-order valence-electron chi connectivity index (χ2n) is 2.91. The van der Waals surface area contributed by atoms with Gasteiger partial charge in [-0.3, -0.25) is 4.98 Å². The van der Waals surface area contributed by atoms with E-state index in [1.807, 2.05) is 24.3 Å². The fourth-order valence-electron chi connectivity index (χ4n) is 1.44. The van der Waals surface area contributed by atoms with Crippen molar-refractivity contribution in [3.8, 4) is 6.07 Å². The van der Waals surface area contributed by atoms with Crippen molar-refractivity contribution in [3.05, 3.63) is 41.6 Å². The lowest BCUT2D eigenvalue weighted by Crippen LogP contribution is -1.90. The maximum absolute atomic E-state index is 8.90. The lowest BCUT2D eigenvalue weighted by Gasteiger charge is -2.03. The lowest BCUT2D eigenvalue weighted by molar-refractivity contribution is 1.31. The summed E-state index contributed by atoms with van der Waals surface area (Å²) in [5.41, 5.74) is 2.58. The Morgan fingerprint density at radius 2 is 2.14 bits per heavy atom. The van der Waals surface area contributed by atoms with Gasteiger partial charge in [-0.2, -0.15) is 5.26 Å². The van der Waals surface area contributed by atoms with Crippen molar-refractivity contribution < 1.29 is 0 Å². The molecular weight excluding hydrogens is 240 g/mol. The molecule has 1 heterocycles. The Kier molecular flexibility index (Phi) is 2.47. The molecule has 0 atom stereocenters. The highest BCUT2D eigenvalue weighted by Crippen LogP contribution is 2.21. The minimum absolute atomic E-state index is 0.639. The number of pyridine rings is 1. The summed E-state index contributed by atoms with van der Waals surface area (Å²) in [7, 11) is 0. The van der Waals surface area contributed by atoms with E-state index in [9.17, 15) is 0 Å². The predicted octanol–water partition coefficient (Wildman–Crippen LogP) is 3.00. The van der Waals surface area contributed by atoms with E-state index in [2.05, 4.69) is 27.0 Å². The average Bonchev–Trinajstić information content (AvgIpc) is 2.27. The van der Waals surface area contributed by atoms with Gasteiger partial charge in [0.25, 0.3) is 0 Å². The Morgan fingerprint density at radius 3 is 2.86 bits per heavy atom. The molecule has 3 heteroatoms. The van der Waals surface area contributed by atoms with Crippen LogP contribution in [-0.4, -0.2) is 4.98 Å². The van der Waals surface area contributed by atoms with Crippen LogP contribution in [0.5, 0.6) is 0 Å². The van der Waals surface area contributed by atoms with Crippen LogP contribution < -0.4 is 0 Å². The number of hydrogen-bond acceptors (Lipinski definition) is 2. The van der Waals surface area contributed by atoms with Gasteiger partial charge in [-0.25, -0.2) is 0 Å². The molecule has 2 rings (SSSR count). The van der Waals surface area contributed by atoms with Crippen molar-refractivity contribution in [2.45, 2.75) is 5.33 Å². The van der Waals surface area contributed by atoms with Crippen LogP contribution in [-0.2, 0) is 5.33 Å². The van der Waals surface area contributed by atoms with Crippen LogP contribution in [0, 0.1) is 11.3 Å². The molecular formula is C11H7BrN2. The number of aromatic nitrogens is 1. The minimum atomic E-state index is 0.639. The topological polar surface area (TPSA) is 36.7 Å². The summed E-state index contributed by atoms with van der Waals surface area (Å²) in [6.07, 6.45) is 1.62. The fourth-order valence-corrected chi connectivity index (χ4v) is 2.04. The largest absolute Gasteiger partial charge is 0.255 e. The normalized spacial score (nSPS) is 10.0. The van der Waals surface area contributed by atoms with Crippen molar-refractivity contribution in [1.29, 1.82) is 5.26 Å². The van der Waals surface area contributed by atoms with Crippen LogP contribution in [0.2, 0.25) is 0 Å². The number of rotatable bonds is 1. The summed E-state index contributed by atoms with van der Waals surface area (Å²) in [6, 6.07) is 9.98. The van der Waals surface area contributed by atoms with E-state index in [0.717, 1.165) is 16.5 Å². The Bertz CT molecular complexity index is 514. The van der Waals surface area contributed by atoms with Gasteiger partial charge in [-0.1, -0.05) is 34.1 Å². The van der Waals surface area contributed by atoms with E-state index >= 15 is 0 Å². The van der Waals surface area contributed by atoms with Gasteiger partial charge < -0.3 is 0 Å². The van der Waals surface area contributed by atoms with Gasteiger partial charge in [0.15, 0.2) is 0 Å². The Balaban J connectivity index is 2.85. The van der Waals surface area contributed by atoms with E-state index in [0.29, 0.717) is 10.9 Å². The number of halogens is 1. The van der Waals surface area contributed by atoms with Gasteiger partial charge in [-0.15, -0.1) is 0 Å². The quantitative estimate of drug-likeness (QED) is 0.726. The first-order valence-corrected chi connectivity index (χ1v) is 5.31. The molecule has 2 aromatic rings. The van der Waals surface area contributed by atoms with Gasteiger partial charge in [0.1, 0.15) is 6.07 Å². The zero-order valence-corrected chi connectivity index (χ0v) is 8.95. The molecule has 0 bridgehead atoms. The number of hydrogen-bond donors (Lipinski definition) is 0. The first kappa shape index (κ1) is 9.17. The van der Waals surface area contributed by atoms with Gasteiger partial charge in [0.05, 0.1) is 11.1 Å². The molecule has 0 aliphatic heterocycles. The van der Waals surface area contributed by atoms with Crippen molar-refractivity contribution in [2.24, 2.45) is 0 Å². The number of fused-ring (bicyclic) bond motifs is 1. The average molecular weight is 247 g/mol. The molecule has 0 aliphatic rings. The van der Waals surface area contributed by atoms with E-state index in [1.54, 1.807) is 6.20 Å². The summed E-state index contributed by atoms with van der Waals surface area (Å²) in [4.78, 5) is 4.22. The molecule has 1 aromatic heterocycles. The second kappa shape index (κ2) is 3.77. The molecule has 0 saturated heterocycles. The van der Waals surface area contributed by atoms with Crippen LogP contribution in [0.15, 0.2) is 30.5 Å². The number of benzene rings is 1. The second-order valence-corrected chi connectivity index (χ2v) is 3.47. The maximum Gasteiger partial charge on any atom is 0.101 e. The highest BCUT2D eigenvalue weighted by atomic mass is 79.9. The number of para-hydroxylation sites is 1. The van der Waals surface area contributed by atoms with E-state index in [4.69, 9.17) is 5.26 Å². The standard InChI is InChI=1S/C11H7BrN2/c12-5-10-8(6-13)7-14-11-4-2-1-3-9(10)11/h1-4,7H,5H2. The molecule has 0 amide bonds. The molecule has 14 heavy (non-hydrogen) atoms. The Morgan fingerprint density at radius 1 is 1.36 bits per heavy atom. The highest BCUT2D eigenvalue weighted by molar-refractivity contribution is 9.08. The van der Waals surface area contributed by atoms with Crippen LogP contribution in [0.3, 0.4) is 0 Å². The van der Waals surface area contributed by atoms with Gasteiger partial charge in [0.2, 0.25) is 0 Å². The molecule has 2 nitrogen and oxygen atoms in total. The van der Waals surface area contributed by atoms with Crippen LogP contribution in [0.25, 0.3) is 10.9 Å². The third-order valence-corrected chi connectivity index (χ3v) is 2.70. The molecule has 0 unspecified atom stereocenters. The zero-order chi connectivity index (χ0) is 9.97. The van der Waals surface area contributed by atoms with Crippen LogP contribution >= 0.6 is 15.9 Å². The van der Waals surface area contributed by atoms with Crippen LogP contribution in [0.4, 0.5) is 0 Å². The SMILES string of the molecule is N#Cc1cnc2ccccc2c1CBr. The summed E-state index contributed by atoms with van der Waals surface area (Å²) in [5, 5.41) is 10.6. The van der Waals surface area contributed by atoms with Crippen LogP contribution in [0.1, 0.15) is 11.1 Å². The van der Waals surface area contributed by atoms with E-state index in [-0.39, 0.29) is 0 Å². The fraction of sp³-hybridized carbons (Fsp3) is 0.0909. The molecule has 0 aliphatic carbocycles. The van der Waals surface area contributed by atoms with Crippen molar-refractivity contribution in [3.63, 3.8) is 0 Å². The summed E-state index contributed by atoms with van der Waals surface area (Å²) in [6.45, 7) is 0. The third-order valence-electron chi connectivity index (χ3n) is 2.14. The molecule has 0 N–H and O–H groups in total. The molecule has 1 aromatic carbocycles. The third kappa shape index (κ3) is 1.38. The zero-order valence-electron chi connectivity index (χ0n) is 7.37. The van der Waals surface area contributed by atoms with Gasteiger partial charge >= 0.3 is 0 Å². The van der Waals surface area contributed by atoms with E-state index < -0.39 is 0 Å². The van der Waals surface area contributed by atoms with E-state index in [1.165, 1.54) is 0 Å². The Hall–Kier alpha value is -1.40. The monoisotopic (exact) mass is 246 g/mol. The summed E-state index contributed by atoms with van der Waals surface area (Å²) < 4.78 is 0. The molecule has 0 saturated carbocycles. The maximum atomic E-state index is 8.90. The summed E-state index contributed by atoms with van der Waals surface area (Å²) in [5.74, 6) is 0. The number of alkyl halides is 1.